The summed E-state index contributed by atoms with van der Waals surface area (Å²) in [5, 5.41) is 6.05. The molecule has 0 radical (unpaired) electrons. The van der Waals surface area contributed by atoms with Crippen molar-refractivity contribution in [1.29, 1.82) is 0 Å². The van der Waals surface area contributed by atoms with Crippen molar-refractivity contribution < 1.29 is 9.53 Å². The molecule has 7 heteroatoms. The SMILES string of the molecule is COCCNCCNC(=O)CSc1nc2ccccc2s1. The number of thioether (sulfide) groups is 1. The molecule has 0 spiro atoms. The zero-order valence-corrected chi connectivity index (χ0v) is 13.6. The summed E-state index contributed by atoms with van der Waals surface area (Å²) in [5.74, 6) is 0.436. The van der Waals surface area contributed by atoms with Crippen LogP contribution in [0.2, 0.25) is 0 Å². The van der Waals surface area contributed by atoms with E-state index >= 15 is 0 Å². The number of thiazole rings is 1. The van der Waals surface area contributed by atoms with Gasteiger partial charge in [0.1, 0.15) is 0 Å². The first-order valence-corrected chi connectivity index (χ1v) is 8.54. The van der Waals surface area contributed by atoms with E-state index in [1.807, 2.05) is 24.3 Å². The summed E-state index contributed by atoms with van der Waals surface area (Å²) >= 11 is 3.10. The van der Waals surface area contributed by atoms with Crippen LogP contribution in [0.4, 0.5) is 0 Å². The second kappa shape index (κ2) is 8.99. The predicted molar refractivity (Wildman–Crippen MR) is 88.1 cm³/mol. The van der Waals surface area contributed by atoms with Gasteiger partial charge < -0.3 is 15.4 Å². The molecule has 21 heavy (non-hydrogen) atoms. The van der Waals surface area contributed by atoms with E-state index in [-0.39, 0.29) is 5.91 Å². The van der Waals surface area contributed by atoms with E-state index in [0.717, 1.165) is 27.6 Å². The maximum Gasteiger partial charge on any atom is 0.230 e. The molecule has 0 atom stereocenters. The van der Waals surface area contributed by atoms with Gasteiger partial charge in [-0.3, -0.25) is 4.79 Å². The molecule has 5 nitrogen and oxygen atoms in total. The molecule has 0 aliphatic rings. The van der Waals surface area contributed by atoms with Gasteiger partial charge in [-0.25, -0.2) is 4.98 Å². The van der Waals surface area contributed by atoms with E-state index in [0.29, 0.717) is 18.9 Å². The van der Waals surface area contributed by atoms with Crippen LogP contribution in [-0.4, -0.2) is 50.0 Å². The fourth-order valence-corrected chi connectivity index (χ4v) is 3.58. The monoisotopic (exact) mass is 325 g/mol. The number of para-hydroxylation sites is 1. The molecular weight excluding hydrogens is 306 g/mol. The maximum atomic E-state index is 11.7. The van der Waals surface area contributed by atoms with Gasteiger partial charge in [-0.05, 0) is 12.1 Å². The molecule has 0 aliphatic heterocycles. The highest BCUT2D eigenvalue weighted by Crippen LogP contribution is 2.28. The van der Waals surface area contributed by atoms with Crippen molar-refractivity contribution in [3.05, 3.63) is 24.3 Å². The van der Waals surface area contributed by atoms with Gasteiger partial charge in [-0.15, -0.1) is 11.3 Å². The Kier molecular flexibility index (Phi) is 6.94. The van der Waals surface area contributed by atoms with Crippen LogP contribution in [0.5, 0.6) is 0 Å². The van der Waals surface area contributed by atoms with Crippen LogP contribution in [0.15, 0.2) is 28.6 Å². The first-order valence-electron chi connectivity index (χ1n) is 6.74. The average molecular weight is 325 g/mol. The molecule has 2 N–H and O–H groups in total. The molecule has 0 aliphatic carbocycles. The van der Waals surface area contributed by atoms with Gasteiger partial charge in [0.15, 0.2) is 4.34 Å². The minimum Gasteiger partial charge on any atom is -0.383 e. The molecule has 1 heterocycles. The van der Waals surface area contributed by atoms with Gasteiger partial charge in [-0.1, -0.05) is 23.9 Å². The molecule has 2 rings (SSSR count). The molecule has 0 saturated heterocycles. The van der Waals surface area contributed by atoms with Crippen molar-refractivity contribution in [3.63, 3.8) is 0 Å². The van der Waals surface area contributed by atoms with Crippen LogP contribution in [0.3, 0.4) is 0 Å². The molecule has 0 bridgehead atoms. The summed E-state index contributed by atoms with van der Waals surface area (Å²) in [6, 6.07) is 8.00. The molecule has 1 amide bonds. The van der Waals surface area contributed by atoms with E-state index in [1.165, 1.54) is 11.8 Å². The van der Waals surface area contributed by atoms with E-state index in [1.54, 1.807) is 18.4 Å². The summed E-state index contributed by atoms with van der Waals surface area (Å²) in [6.07, 6.45) is 0. The smallest absolute Gasteiger partial charge is 0.230 e. The number of carbonyl (C=O) groups excluding carboxylic acids is 1. The highest BCUT2D eigenvalue weighted by atomic mass is 32.2. The van der Waals surface area contributed by atoms with E-state index in [2.05, 4.69) is 15.6 Å². The Morgan fingerprint density at radius 3 is 3.00 bits per heavy atom. The number of methoxy groups -OCH3 is 1. The lowest BCUT2D eigenvalue weighted by Gasteiger charge is -2.05. The molecule has 114 valence electrons. The Morgan fingerprint density at radius 2 is 2.19 bits per heavy atom. The van der Waals surface area contributed by atoms with Crippen LogP contribution in [0.1, 0.15) is 0 Å². The second-order valence-electron chi connectivity index (χ2n) is 4.33. The quantitative estimate of drug-likeness (QED) is 0.543. The van der Waals surface area contributed by atoms with E-state index < -0.39 is 0 Å². The second-order valence-corrected chi connectivity index (χ2v) is 6.58. The number of carbonyl (C=O) groups is 1. The number of amides is 1. The molecule has 0 unspecified atom stereocenters. The molecule has 2 aromatic rings. The van der Waals surface area contributed by atoms with Crippen LogP contribution in [0.25, 0.3) is 10.2 Å². The lowest BCUT2D eigenvalue weighted by atomic mass is 10.3. The van der Waals surface area contributed by atoms with Gasteiger partial charge in [0.25, 0.3) is 0 Å². The number of benzene rings is 1. The van der Waals surface area contributed by atoms with Crippen molar-refractivity contribution in [3.8, 4) is 0 Å². The zero-order chi connectivity index (χ0) is 14.9. The number of aromatic nitrogens is 1. The highest BCUT2D eigenvalue weighted by molar-refractivity contribution is 8.01. The third-order valence-corrected chi connectivity index (χ3v) is 4.89. The number of rotatable bonds is 9. The van der Waals surface area contributed by atoms with Crippen LogP contribution >= 0.6 is 23.1 Å². The van der Waals surface area contributed by atoms with Gasteiger partial charge in [0.05, 0.1) is 22.6 Å². The summed E-state index contributed by atoms with van der Waals surface area (Å²) in [7, 11) is 1.67. The van der Waals surface area contributed by atoms with Gasteiger partial charge in [0, 0.05) is 26.7 Å². The van der Waals surface area contributed by atoms with E-state index in [4.69, 9.17) is 4.74 Å². The Labute approximate surface area is 132 Å². The normalized spacial score (nSPS) is 10.9. The Bertz CT molecular complexity index is 541. The number of nitrogens with one attached hydrogen (secondary N) is 2. The van der Waals surface area contributed by atoms with Crippen molar-refractivity contribution >= 4 is 39.2 Å². The number of nitrogens with zero attached hydrogens (tertiary/aromatic N) is 1. The Morgan fingerprint density at radius 1 is 1.33 bits per heavy atom. The van der Waals surface area contributed by atoms with Crippen molar-refractivity contribution in [2.24, 2.45) is 0 Å². The van der Waals surface area contributed by atoms with Gasteiger partial charge >= 0.3 is 0 Å². The third-order valence-electron chi connectivity index (χ3n) is 2.71. The molecule has 1 aromatic heterocycles. The lowest BCUT2D eigenvalue weighted by molar-refractivity contribution is -0.118. The summed E-state index contributed by atoms with van der Waals surface area (Å²) in [4.78, 5) is 16.2. The summed E-state index contributed by atoms with van der Waals surface area (Å²) in [6.45, 7) is 2.86. The third kappa shape index (κ3) is 5.62. The van der Waals surface area contributed by atoms with Crippen LogP contribution in [-0.2, 0) is 9.53 Å². The fourth-order valence-electron chi connectivity index (χ4n) is 1.68. The van der Waals surface area contributed by atoms with Crippen LogP contribution in [0, 0.1) is 0 Å². The van der Waals surface area contributed by atoms with Crippen molar-refractivity contribution in [1.82, 2.24) is 15.6 Å². The number of fused-ring (bicyclic) bond motifs is 1. The molecule has 0 saturated carbocycles. The lowest BCUT2D eigenvalue weighted by Crippen LogP contribution is -2.33. The predicted octanol–water partition coefficient (Wildman–Crippen LogP) is 1.74. The highest BCUT2D eigenvalue weighted by Gasteiger charge is 2.06. The van der Waals surface area contributed by atoms with Gasteiger partial charge in [0.2, 0.25) is 5.91 Å². The number of hydrogen-bond donors (Lipinski definition) is 2. The average Bonchev–Trinajstić information content (AvgIpc) is 2.91. The van der Waals surface area contributed by atoms with Gasteiger partial charge in [-0.2, -0.15) is 0 Å². The topological polar surface area (TPSA) is 63.2 Å². The fraction of sp³-hybridized carbons (Fsp3) is 0.429. The minimum atomic E-state index is 0.0350. The first-order chi connectivity index (χ1) is 10.3. The Balaban J connectivity index is 1.64. The molecular formula is C14H19N3O2S2. The number of hydrogen-bond acceptors (Lipinski definition) is 6. The van der Waals surface area contributed by atoms with Crippen LogP contribution < -0.4 is 10.6 Å². The van der Waals surface area contributed by atoms with Crippen molar-refractivity contribution in [2.75, 3.05) is 39.1 Å². The maximum absolute atomic E-state index is 11.7. The summed E-state index contributed by atoms with van der Waals surface area (Å²) < 4.78 is 7.01. The number of ether oxygens (including phenoxy) is 1. The summed E-state index contributed by atoms with van der Waals surface area (Å²) in [5.41, 5.74) is 0.993. The zero-order valence-electron chi connectivity index (χ0n) is 11.9. The van der Waals surface area contributed by atoms with Crippen molar-refractivity contribution in [2.45, 2.75) is 4.34 Å². The largest absolute Gasteiger partial charge is 0.383 e. The molecule has 0 fully saturated rings. The first kappa shape index (κ1) is 16.2. The van der Waals surface area contributed by atoms with E-state index in [9.17, 15) is 4.79 Å². The minimum absolute atomic E-state index is 0.0350. The Hall–Kier alpha value is -1.15. The standard InChI is InChI=1S/C14H19N3O2S2/c1-19-9-8-15-6-7-16-13(18)10-20-14-17-11-4-2-3-5-12(11)21-14/h2-5,15H,6-10H2,1H3,(H,16,18). The molecule has 1 aromatic carbocycles.